The van der Waals surface area contributed by atoms with Crippen molar-refractivity contribution in [2.75, 3.05) is 11.9 Å². The zero-order valence-corrected chi connectivity index (χ0v) is 18.1. The number of hydrogen-bond donors (Lipinski definition) is 2. The van der Waals surface area contributed by atoms with E-state index in [1.54, 1.807) is 23.2 Å². The van der Waals surface area contributed by atoms with Crippen LogP contribution in [0.25, 0.3) is 10.8 Å². The van der Waals surface area contributed by atoms with E-state index >= 15 is 0 Å². The average molecular weight is 450 g/mol. The average Bonchev–Trinajstić information content (AvgIpc) is 2.81. The fraction of sp³-hybridized carbons (Fsp3) is 0.120. The number of aromatic amines is 1. The van der Waals surface area contributed by atoms with Crippen LogP contribution < -0.4 is 10.9 Å². The van der Waals surface area contributed by atoms with E-state index in [1.807, 2.05) is 49.4 Å². The quantitative estimate of drug-likeness (QED) is 0.394. The first-order valence-electron chi connectivity index (χ1n) is 10.2. The molecule has 0 aliphatic rings. The summed E-state index contributed by atoms with van der Waals surface area (Å²) in [6.07, 6.45) is 1.66. The summed E-state index contributed by atoms with van der Waals surface area (Å²) < 4.78 is 13.5. The van der Waals surface area contributed by atoms with Crippen molar-refractivity contribution in [1.82, 2.24) is 9.88 Å². The summed E-state index contributed by atoms with van der Waals surface area (Å²) in [4.78, 5) is 30.2. The van der Waals surface area contributed by atoms with E-state index in [2.05, 4.69) is 10.3 Å². The molecule has 2 N–H and O–H groups in total. The molecule has 1 atom stereocenters. The molecule has 4 rings (SSSR count). The molecule has 0 aliphatic heterocycles. The van der Waals surface area contributed by atoms with Crippen molar-refractivity contribution in [1.29, 1.82) is 0 Å². The summed E-state index contributed by atoms with van der Waals surface area (Å²) in [7, 11) is 0. The maximum Gasteiger partial charge on any atom is 0.322 e. The summed E-state index contributed by atoms with van der Waals surface area (Å²) in [5.74, 6) is -0.557. The van der Waals surface area contributed by atoms with E-state index in [9.17, 15) is 14.0 Å². The molecule has 1 heterocycles. The van der Waals surface area contributed by atoms with Gasteiger partial charge in [-0.15, -0.1) is 0 Å². The topological polar surface area (TPSA) is 65.2 Å². The zero-order chi connectivity index (χ0) is 22.7. The third kappa shape index (κ3) is 4.22. The second-order valence-corrected chi connectivity index (χ2v) is 7.68. The number of anilines is 1. The van der Waals surface area contributed by atoms with Crippen LogP contribution in [-0.4, -0.2) is 22.5 Å². The summed E-state index contributed by atoms with van der Waals surface area (Å²) in [6, 6.07) is 20.1. The number of halogens is 2. The number of benzene rings is 3. The number of amides is 2. The van der Waals surface area contributed by atoms with Crippen molar-refractivity contribution in [3.8, 4) is 0 Å². The number of aromatic nitrogens is 1. The minimum Gasteiger partial charge on any atom is -0.328 e. The monoisotopic (exact) mass is 449 g/mol. The van der Waals surface area contributed by atoms with E-state index < -0.39 is 11.9 Å². The van der Waals surface area contributed by atoms with Gasteiger partial charge in [0.25, 0.3) is 5.56 Å². The van der Waals surface area contributed by atoms with Crippen LogP contribution in [0.15, 0.2) is 83.8 Å². The Balaban J connectivity index is 1.81. The molecule has 162 valence electrons. The molecule has 5 nitrogen and oxygen atoms in total. The van der Waals surface area contributed by atoms with Crippen LogP contribution in [0.1, 0.15) is 24.1 Å². The van der Waals surface area contributed by atoms with Gasteiger partial charge in [-0.25, -0.2) is 9.18 Å². The Kier molecular flexibility index (Phi) is 6.23. The molecule has 7 heteroatoms. The minimum absolute atomic E-state index is 0.0721. The fourth-order valence-electron chi connectivity index (χ4n) is 3.83. The number of nitrogens with one attached hydrogen (secondary N) is 2. The molecule has 0 saturated carbocycles. The second kappa shape index (κ2) is 9.24. The van der Waals surface area contributed by atoms with Crippen LogP contribution in [0.3, 0.4) is 0 Å². The summed E-state index contributed by atoms with van der Waals surface area (Å²) in [6.45, 7) is 2.26. The zero-order valence-electron chi connectivity index (χ0n) is 17.3. The summed E-state index contributed by atoms with van der Waals surface area (Å²) >= 11 is 5.87. The molecule has 32 heavy (non-hydrogen) atoms. The second-order valence-electron chi connectivity index (χ2n) is 7.28. The highest BCUT2D eigenvalue weighted by atomic mass is 35.5. The van der Waals surface area contributed by atoms with E-state index in [-0.39, 0.29) is 16.6 Å². The van der Waals surface area contributed by atoms with Gasteiger partial charge in [0.15, 0.2) is 0 Å². The molecule has 2 amide bonds. The van der Waals surface area contributed by atoms with E-state index in [0.29, 0.717) is 17.6 Å². The lowest BCUT2D eigenvalue weighted by molar-refractivity contribution is 0.202. The maximum absolute atomic E-state index is 13.5. The molecule has 0 aliphatic carbocycles. The number of H-pyrrole nitrogens is 1. The number of nitrogens with zero attached hydrogens (tertiary/aromatic N) is 1. The molecule has 0 radical (unpaired) electrons. The molecular formula is C25H21ClFN3O2. The Bertz CT molecular complexity index is 1320. The molecule has 1 aromatic heterocycles. The molecule has 3 aromatic carbocycles. The Hall–Kier alpha value is -3.64. The van der Waals surface area contributed by atoms with Gasteiger partial charge < -0.3 is 15.2 Å². The van der Waals surface area contributed by atoms with E-state index in [1.165, 1.54) is 18.2 Å². The third-order valence-electron chi connectivity index (χ3n) is 5.34. The highest BCUT2D eigenvalue weighted by molar-refractivity contribution is 6.31. The first-order chi connectivity index (χ1) is 15.5. The van der Waals surface area contributed by atoms with Gasteiger partial charge in [-0.1, -0.05) is 60.1 Å². The number of hydrogen-bond acceptors (Lipinski definition) is 2. The number of pyridine rings is 1. The normalized spacial score (nSPS) is 11.8. The van der Waals surface area contributed by atoms with Crippen LogP contribution in [0.4, 0.5) is 14.9 Å². The van der Waals surface area contributed by atoms with Gasteiger partial charge >= 0.3 is 6.03 Å². The van der Waals surface area contributed by atoms with Gasteiger partial charge in [-0.3, -0.25) is 4.79 Å². The third-order valence-corrected chi connectivity index (χ3v) is 5.63. The summed E-state index contributed by atoms with van der Waals surface area (Å²) in [5, 5.41) is 4.05. The number of rotatable bonds is 5. The van der Waals surface area contributed by atoms with Crippen LogP contribution in [0.5, 0.6) is 0 Å². The van der Waals surface area contributed by atoms with Gasteiger partial charge in [-0.05, 0) is 42.1 Å². The van der Waals surface area contributed by atoms with Crippen LogP contribution >= 0.6 is 11.6 Å². The predicted octanol–water partition coefficient (Wildman–Crippen LogP) is 5.96. The maximum atomic E-state index is 13.5. The van der Waals surface area contributed by atoms with Crippen molar-refractivity contribution >= 4 is 34.1 Å². The standard InChI is InChI=1S/C25H21ClFN3O2/c1-2-30(25(32)29-17-12-13-22(27)21(26)14-17)23(16-8-4-3-5-9-16)20-15-28-24(31)19-11-7-6-10-18(19)20/h3-15,23H,2H2,1H3,(H,28,31)(H,29,32)/t23-/m0/s1. The number of fused-ring (bicyclic) bond motifs is 1. The first kappa shape index (κ1) is 21.6. The number of urea groups is 1. The van der Waals surface area contributed by atoms with E-state index in [0.717, 1.165) is 16.5 Å². The van der Waals surface area contributed by atoms with Gasteiger partial charge in [0.05, 0.1) is 11.1 Å². The van der Waals surface area contributed by atoms with Crippen molar-refractivity contribution in [3.05, 3.63) is 111 Å². The Labute approximate surface area is 189 Å². The highest BCUT2D eigenvalue weighted by Gasteiger charge is 2.28. The first-order valence-corrected chi connectivity index (χ1v) is 10.6. The van der Waals surface area contributed by atoms with E-state index in [4.69, 9.17) is 11.6 Å². The van der Waals surface area contributed by atoms with Gasteiger partial charge in [0.1, 0.15) is 5.82 Å². The fourth-order valence-corrected chi connectivity index (χ4v) is 4.01. The molecule has 0 saturated heterocycles. The van der Waals surface area contributed by atoms with Crippen molar-refractivity contribution in [3.63, 3.8) is 0 Å². The van der Waals surface area contributed by atoms with Crippen molar-refractivity contribution in [2.45, 2.75) is 13.0 Å². The smallest absolute Gasteiger partial charge is 0.322 e. The lowest BCUT2D eigenvalue weighted by Gasteiger charge is -2.32. The molecule has 0 fully saturated rings. The molecule has 0 bridgehead atoms. The van der Waals surface area contributed by atoms with Crippen molar-refractivity contribution < 1.29 is 9.18 Å². The predicted molar refractivity (Wildman–Crippen MR) is 126 cm³/mol. The van der Waals surface area contributed by atoms with Crippen LogP contribution in [0, 0.1) is 5.82 Å². The van der Waals surface area contributed by atoms with Gasteiger partial charge in [0, 0.05) is 29.4 Å². The lowest BCUT2D eigenvalue weighted by atomic mass is 9.94. The SMILES string of the molecule is CCN(C(=O)Nc1ccc(F)c(Cl)c1)[C@@H](c1ccccc1)c1c[nH]c(=O)c2ccccc12. The van der Waals surface area contributed by atoms with Crippen molar-refractivity contribution in [2.24, 2.45) is 0 Å². The molecular weight excluding hydrogens is 429 g/mol. The van der Waals surface area contributed by atoms with Crippen LogP contribution in [0.2, 0.25) is 5.02 Å². The minimum atomic E-state index is -0.557. The van der Waals surface area contributed by atoms with Crippen LogP contribution in [-0.2, 0) is 0 Å². The number of carbonyl (C=O) groups is 1. The Morgan fingerprint density at radius 3 is 2.44 bits per heavy atom. The van der Waals surface area contributed by atoms with Gasteiger partial charge in [-0.2, -0.15) is 0 Å². The Morgan fingerprint density at radius 1 is 1.06 bits per heavy atom. The summed E-state index contributed by atoms with van der Waals surface area (Å²) in [5.41, 5.74) is 1.88. The Morgan fingerprint density at radius 2 is 1.75 bits per heavy atom. The molecule has 0 unspecified atom stereocenters. The lowest BCUT2D eigenvalue weighted by Crippen LogP contribution is -2.39. The molecule has 4 aromatic rings. The highest BCUT2D eigenvalue weighted by Crippen LogP contribution is 2.33. The largest absolute Gasteiger partial charge is 0.328 e. The molecule has 0 spiro atoms. The number of carbonyl (C=O) groups excluding carboxylic acids is 1. The van der Waals surface area contributed by atoms with Gasteiger partial charge in [0.2, 0.25) is 0 Å².